The van der Waals surface area contributed by atoms with E-state index in [1.54, 1.807) is 19.2 Å². The van der Waals surface area contributed by atoms with E-state index in [4.69, 9.17) is 4.74 Å². The Bertz CT molecular complexity index is 790. The number of carbonyl (C=O) groups excluding carboxylic acids is 1. The summed E-state index contributed by atoms with van der Waals surface area (Å²) in [5, 5.41) is 0.577. The maximum absolute atomic E-state index is 12.6. The lowest BCUT2D eigenvalue weighted by Gasteiger charge is -2.15. The van der Waals surface area contributed by atoms with Gasteiger partial charge in [-0.15, -0.1) is 0 Å². The quantitative estimate of drug-likeness (QED) is 0.795. The Balaban J connectivity index is 2.34. The first-order valence-corrected chi connectivity index (χ1v) is 7.85. The molecule has 1 aliphatic rings. The summed E-state index contributed by atoms with van der Waals surface area (Å²) in [6.45, 7) is 3.98. The standard InChI is InChI=1S/C16H16BrNO3/c1-3-21-16(20)12-8-18(10-4-5-10)14-9(2)13(17)7-6-11(14)15(12)19/h6-8,10H,3-5H2,1-2H3. The third-order valence-electron chi connectivity index (χ3n) is 3.82. The number of halogens is 1. The number of aryl methyl sites for hydroxylation is 1. The van der Waals surface area contributed by atoms with Gasteiger partial charge in [0.2, 0.25) is 5.43 Å². The minimum atomic E-state index is -0.542. The molecule has 110 valence electrons. The Hall–Kier alpha value is -1.62. The van der Waals surface area contributed by atoms with Gasteiger partial charge in [0.05, 0.1) is 12.1 Å². The molecule has 0 saturated heterocycles. The fourth-order valence-corrected chi connectivity index (χ4v) is 2.91. The zero-order valence-corrected chi connectivity index (χ0v) is 13.6. The molecule has 1 fully saturated rings. The first-order valence-electron chi connectivity index (χ1n) is 7.05. The number of ether oxygens (including phenoxy) is 1. The zero-order chi connectivity index (χ0) is 15.1. The minimum absolute atomic E-state index is 0.123. The Morgan fingerprint density at radius 3 is 2.76 bits per heavy atom. The second-order valence-electron chi connectivity index (χ2n) is 5.30. The number of rotatable bonds is 3. The largest absolute Gasteiger partial charge is 0.462 e. The summed E-state index contributed by atoms with van der Waals surface area (Å²) < 4.78 is 8.03. The molecular weight excluding hydrogens is 334 g/mol. The molecule has 0 spiro atoms. The summed E-state index contributed by atoms with van der Waals surface area (Å²) in [6.07, 6.45) is 3.82. The maximum Gasteiger partial charge on any atom is 0.343 e. The molecule has 1 saturated carbocycles. The Morgan fingerprint density at radius 1 is 1.43 bits per heavy atom. The molecular formula is C16H16BrNO3. The van der Waals surface area contributed by atoms with E-state index in [0.29, 0.717) is 11.4 Å². The van der Waals surface area contributed by atoms with Crippen molar-refractivity contribution >= 4 is 32.8 Å². The van der Waals surface area contributed by atoms with Crippen molar-refractivity contribution in [2.24, 2.45) is 0 Å². The van der Waals surface area contributed by atoms with Crippen molar-refractivity contribution in [3.05, 3.63) is 44.2 Å². The van der Waals surface area contributed by atoms with Gasteiger partial charge in [0, 0.05) is 22.1 Å². The summed E-state index contributed by atoms with van der Waals surface area (Å²) in [4.78, 5) is 24.6. The van der Waals surface area contributed by atoms with E-state index in [9.17, 15) is 9.59 Å². The predicted molar refractivity (Wildman–Crippen MR) is 84.9 cm³/mol. The molecule has 0 radical (unpaired) electrons. The van der Waals surface area contributed by atoms with Crippen molar-refractivity contribution in [3.8, 4) is 0 Å². The van der Waals surface area contributed by atoms with Crippen LogP contribution in [0, 0.1) is 6.92 Å². The highest BCUT2D eigenvalue weighted by atomic mass is 79.9. The Kier molecular flexibility index (Phi) is 3.61. The van der Waals surface area contributed by atoms with E-state index >= 15 is 0 Å². The zero-order valence-electron chi connectivity index (χ0n) is 12.0. The lowest BCUT2D eigenvalue weighted by atomic mass is 10.1. The lowest BCUT2D eigenvalue weighted by molar-refractivity contribution is 0.0524. The van der Waals surface area contributed by atoms with E-state index < -0.39 is 5.97 Å². The van der Waals surface area contributed by atoms with Gasteiger partial charge in [-0.1, -0.05) is 15.9 Å². The number of nitrogens with zero attached hydrogens (tertiary/aromatic N) is 1. The molecule has 0 unspecified atom stereocenters. The van der Waals surface area contributed by atoms with Gasteiger partial charge in [-0.3, -0.25) is 4.79 Å². The number of carbonyl (C=O) groups is 1. The number of hydrogen-bond donors (Lipinski definition) is 0. The first kappa shape index (κ1) is 14.3. The highest BCUT2D eigenvalue weighted by Gasteiger charge is 2.28. The van der Waals surface area contributed by atoms with Gasteiger partial charge in [-0.2, -0.15) is 0 Å². The van der Waals surface area contributed by atoms with Gasteiger partial charge in [-0.05, 0) is 44.4 Å². The molecule has 0 atom stereocenters. The van der Waals surface area contributed by atoms with Crippen molar-refractivity contribution in [3.63, 3.8) is 0 Å². The van der Waals surface area contributed by atoms with Crippen LogP contribution in [0.15, 0.2) is 27.6 Å². The average Bonchev–Trinajstić information content (AvgIpc) is 3.28. The third-order valence-corrected chi connectivity index (χ3v) is 4.68. The van der Waals surface area contributed by atoms with Crippen molar-refractivity contribution < 1.29 is 9.53 Å². The second kappa shape index (κ2) is 5.30. The first-order chi connectivity index (χ1) is 10.0. The Morgan fingerprint density at radius 2 is 2.14 bits per heavy atom. The predicted octanol–water partition coefficient (Wildman–Crippen LogP) is 3.58. The third kappa shape index (κ3) is 2.39. The van der Waals surface area contributed by atoms with Gasteiger partial charge in [0.15, 0.2) is 0 Å². The lowest BCUT2D eigenvalue weighted by Crippen LogP contribution is -2.21. The van der Waals surface area contributed by atoms with Crippen LogP contribution in [0.2, 0.25) is 0 Å². The van der Waals surface area contributed by atoms with E-state index in [-0.39, 0.29) is 17.6 Å². The highest BCUT2D eigenvalue weighted by molar-refractivity contribution is 9.10. The van der Waals surface area contributed by atoms with E-state index in [1.807, 2.05) is 13.0 Å². The topological polar surface area (TPSA) is 48.3 Å². The van der Waals surface area contributed by atoms with E-state index in [0.717, 1.165) is 28.4 Å². The molecule has 21 heavy (non-hydrogen) atoms. The molecule has 4 nitrogen and oxygen atoms in total. The van der Waals surface area contributed by atoms with Crippen LogP contribution in [-0.2, 0) is 4.74 Å². The van der Waals surface area contributed by atoms with Gasteiger partial charge in [-0.25, -0.2) is 4.79 Å². The molecule has 5 heteroatoms. The van der Waals surface area contributed by atoms with Crippen LogP contribution in [0.5, 0.6) is 0 Å². The van der Waals surface area contributed by atoms with Crippen LogP contribution >= 0.6 is 15.9 Å². The highest BCUT2D eigenvalue weighted by Crippen LogP contribution is 2.38. The van der Waals surface area contributed by atoms with Gasteiger partial charge in [0.1, 0.15) is 5.56 Å². The smallest absolute Gasteiger partial charge is 0.343 e. The average molecular weight is 350 g/mol. The Labute approximate surface area is 130 Å². The molecule has 0 amide bonds. The molecule has 0 aliphatic heterocycles. The maximum atomic E-state index is 12.6. The molecule has 1 aromatic carbocycles. The van der Waals surface area contributed by atoms with E-state index in [2.05, 4.69) is 20.5 Å². The molecule has 2 aromatic rings. The van der Waals surface area contributed by atoms with Crippen LogP contribution < -0.4 is 5.43 Å². The summed E-state index contributed by atoms with van der Waals surface area (Å²) in [7, 11) is 0. The van der Waals surface area contributed by atoms with Gasteiger partial charge < -0.3 is 9.30 Å². The number of benzene rings is 1. The van der Waals surface area contributed by atoms with Crippen LogP contribution in [0.25, 0.3) is 10.9 Å². The molecule has 3 rings (SSSR count). The van der Waals surface area contributed by atoms with E-state index in [1.165, 1.54) is 0 Å². The summed E-state index contributed by atoms with van der Waals surface area (Å²) in [6, 6.07) is 4.00. The SMILES string of the molecule is CCOC(=O)c1cn(C2CC2)c2c(C)c(Br)ccc2c1=O. The van der Waals surface area contributed by atoms with Crippen LogP contribution in [0.3, 0.4) is 0 Å². The van der Waals surface area contributed by atoms with Gasteiger partial charge in [0.25, 0.3) is 0 Å². The summed E-state index contributed by atoms with van der Waals surface area (Å²) in [5.74, 6) is -0.542. The number of pyridine rings is 1. The monoisotopic (exact) mass is 349 g/mol. The molecule has 1 heterocycles. The van der Waals surface area contributed by atoms with Crippen LogP contribution in [0.1, 0.15) is 41.7 Å². The minimum Gasteiger partial charge on any atom is -0.462 e. The number of fused-ring (bicyclic) bond motifs is 1. The normalized spacial score (nSPS) is 14.4. The summed E-state index contributed by atoms with van der Waals surface area (Å²) >= 11 is 3.51. The second-order valence-corrected chi connectivity index (χ2v) is 6.15. The summed E-state index contributed by atoms with van der Waals surface area (Å²) in [5.41, 5.74) is 1.80. The number of esters is 1. The molecule has 0 bridgehead atoms. The fraction of sp³-hybridized carbons (Fsp3) is 0.375. The van der Waals surface area contributed by atoms with Crippen LogP contribution in [-0.4, -0.2) is 17.1 Å². The van der Waals surface area contributed by atoms with Gasteiger partial charge >= 0.3 is 5.97 Å². The number of hydrogen-bond acceptors (Lipinski definition) is 3. The van der Waals surface area contributed by atoms with Crippen molar-refractivity contribution in [2.75, 3.05) is 6.61 Å². The van der Waals surface area contributed by atoms with Crippen molar-refractivity contribution in [1.82, 2.24) is 4.57 Å². The number of aromatic nitrogens is 1. The molecule has 1 aliphatic carbocycles. The molecule has 0 N–H and O–H groups in total. The van der Waals surface area contributed by atoms with Crippen molar-refractivity contribution in [2.45, 2.75) is 32.7 Å². The molecule has 1 aromatic heterocycles. The fourth-order valence-electron chi connectivity index (χ4n) is 2.59. The van der Waals surface area contributed by atoms with Crippen LogP contribution in [0.4, 0.5) is 0 Å². The van der Waals surface area contributed by atoms with Crippen molar-refractivity contribution in [1.29, 1.82) is 0 Å².